The second-order valence-electron chi connectivity index (χ2n) is 6.26. The van der Waals surface area contributed by atoms with Gasteiger partial charge < -0.3 is 14.6 Å². The molecule has 1 aliphatic rings. The number of hydrogen-bond donors (Lipinski definition) is 1. The van der Waals surface area contributed by atoms with Gasteiger partial charge in [0.25, 0.3) is 6.47 Å². The summed E-state index contributed by atoms with van der Waals surface area (Å²) in [5, 5.41) is 8.96. The van der Waals surface area contributed by atoms with Crippen LogP contribution in [-0.4, -0.2) is 36.4 Å². The van der Waals surface area contributed by atoms with Crippen LogP contribution in [0.5, 0.6) is 0 Å². The zero-order valence-corrected chi connectivity index (χ0v) is 12.5. The molecule has 1 fully saturated rings. The lowest BCUT2D eigenvalue weighted by Crippen LogP contribution is -2.23. The van der Waals surface area contributed by atoms with Crippen molar-refractivity contribution in [2.24, 2.45) is 5.41 Å². The van der Waals surface area contributed by atoms with Gasteiger partial charge in [0.15, 0.2) is 0 Å². The van der Waals surface area contributed by atoms with Crippen LogP contribution in [-0.2, 0) is 19.1 Å². The molecule has 0 amide bonds. The summed E-state index contributed by atoms with van der Waals surface area (Å²) in [6.45, 7) is 5.31. The standard InChI is InChI=1S/C15H26O5/c1-14(2,13(17)18)6-5-11-19-10-4-3-7-15(8-9-15)20-12-16/h12H,3-11H2,1-2H3,(H,17,18). The predicted molar refractivity (Wildman–Crippen MR) is 74.4 cm³/mol. The lowest BCUT2D eigenvalue weighted by molar-refractivity contribution is -0.147. The molecule has 0 atom stereocenters. The second-order valence-corrected chi connectivity index (χ2v) is 6.26. The number of ether oxygens (including phenoxy) is 2. The molecule has 5 nitrogen and oxygen atoms in total. The van der Waals surface area contributed by atoms with Gasteiger partial charge in [0.2, 0.25) is 0 Å². The first-order valence-corrected chi connectivity index (χ1v) is 7.34. The summed E-state index contributed by atoms with van der Waals surface area (Å²) in [5.74, 6) is -0.762. The smallest absolute Gasteiger partial charge is 0.309 e. The molecule has 0 aliphatic heterocycles. The van der Waals surface area contributed by atoms with Gasteiger partial charge in [0.1, 0.15) is 5.60 Å². The van der Waals surface area contributed by atoms with E-state index in [1.165, 1.54) is 0 Å². The molecule has 116 valence electrons. The molecule has 1 aliphatic carbocycles. The normalized spacial score (nSPS) is 16.7. The van der Waals surface area contributed by atoms with Crippen molar-refractivity contribution in [2.45, 2.75) is 64.4 Å². The van der Waals surface area contributed by atoms with Crippen molar-refractivity contribution in [3.63, 3.8) is 0 Å². The van der Waals surface area contributed by atoms with E-state index >= 15 is 0 Å². The van der Waals surface area contributed by atoms with E-state index in [2.05, 4.69) is 0 Å². The molecule has 5 heteroatoms. The number of carbonyl (C=O) groups excluding carboxylic acids is 1. The second kappa shape index (κ2) is 7.62. The summed E-state index contributed by atoms with van der Waals surface area (Å²) >= 11 is 0. The van der Waals surface area contributed by atoms with Crippen LogP contribution in [0.1, 0.15) is 58.8 Å². The van der Waals surface area contributed by atoms with Gasteiger partial charge in [0, 0.05) is 13.2 Å². The van der Waals surface area contributed by atoms with E-state index in [9.17, 15) is 9.59 Å². The van der Waals surface area contributed by atoms with Crippen LogP contribution in [0, 0.1) is 5.41 Å². The highest BCUT2D eigenvalue weighted by Gasteiger charge is 2.44. The van der Waals surface area contributed by atoms with Crippen molar-refractivity contribution in [1.82, 2.24) is 0 Å². The third-order valence-electron chi connectivity index (χ3n) is 3.95. The maximum Gasteiger partial charge on any atom is 0.309 e. The first-order chi connectivity index (χ1) is 9.42. The molecule has 0 aromatic heterocycles. The average Bonchev–Trinajstić information content (AvgIpc) is 3.13. The fourth-order valence-electron chi connectivity index (χ4n) is 2.14. The molecule has 1 rings (SSSR count). The molecule has 0 bridgehead atoms. The molecule has 0 spiro atoms. The summed E-state index contributed by atoms with van der Waals surface area (Å²) in [6, 6.07) is 0. The Hall–Kier alpha value is -1.10. The lowest BCUT2D eigenvalue weighted by atomic mass is 9.88. The number of rotatable bonds is 12. The monoisotopic (exact) mass is 286 g/mol. The van der Waals surface area contributed by atoms with E-state index < -0.39 is 11.4 Å². The van der Waals surface area contributed by atoms with Gasteiger partial charge in [-0.3, -0.25) is 9.59 Å². The van der Waals surface area contributed by atoms with Gasteiger partial charge in [-0.15, -0.1) is 0 Å². The number of aliphatic carboxylic acids is 1. The Labute approximate surface area is 120 Å². The zero-order chi connectivity index (χ0) is 15.1. The van der Waals surface area contributed by atoms with Crippen molar-refractivity contribution in [2.75, 3.05) is 13.2 Å². The minimum Gasteiger partial charge on any atom is -0.481 e. The van der Waals surface area contributed by atoms with Crippen LogP contribution >= 0.6 is 0 Å². The first-order valence-electron chi connectivity index (χ1n) is 7.34. The topological polar surface area (TPSA) is 72.8 Å². The maximum atomic E-state index is 10.9. The molecular formula is C15H26O5. The summed E-state index contributed by atoms with van der Waals surface area (Å²) < 4.78 is 10.6. The Bertz CT molecular complexity index is 320. The quantitative estimate of drug-likeness (QED) is 0.441. The van der Waals surface area contributed by atoms with Gasteiger partial charge in [-0.25, -0.2) is 0 Å². The summed E-state index contributed by atoms with van der Waals surface area (Å²) in [7, 11) is 0. The summed E-state index contributed by atoms with van der Waals surface area (Å²) in [4.78, 5) is 21.2. The minimum atomic E-state index is -0.762. The maximum absolute atomic E-state index is 10.9. The Morgan fingerprint density at radius 3 is 2.45 bits per heavy atom. The van der Waals surface area contributed by atoms with Crippen LogP contribution in [0.25, 0.3) is 0 Å². The Balaban J connectivity index is 1.93. The van der Waals surface area contributed by atoms with Crippen LogP contribution < -0.4 is 0 Å². The van der Waals surface area contributed by atoms with Crippen molar-refractivity contribution < 1.29 is 24.2 Å². The Kier molecular flexibility index (Phi) is 6.46. The number of carboxylic acids is 1. The van der Waals surface area contributed by atoms with E-state index in [0.29, 0.717) is 26.1 Å². The fraction of sp³-hybridized carbons (Fsp3) is 0.867. The molecule has 1 saturated carbocycles. The van der Waals surface area contributed by atoms with Crippen LogP contribution in [0.3, 0.4) is 0 Å². The molecule has 0 heterocycles. The van der Waals surface area contributed by atoms with Crippen LogP contribution in [0.15, 0.2) is 0 Å². The van der Waals surface area contributed by atoms with Gasteiger partial charge in [-0.2, -0.15) is 0 Å². The van der Waals surface area contributed by atoms with E-state index in [1.54, 1.807) is 13.8 Å². The Morgan fingerprint density at radius 2 is 1.90 bits per heavy atom. The van der Waals surface area contributed by atoms with Crippen molar-refractivity contribution >= 4 is 12.4 Å². The first kappa shape index (κ1) is 17.0. The molecule has 0 aromatic rings. The van der Waals surface area contributed by atoms with Gasteiger partial charge in [-0.1, -0.05) is 0 Å². The third kappa shape index (κ3) is 5.90. The average molecular weight is 286 g/mol. The molecule has 0 unspecified atom stereocenters. The summed E-state index contributed by atoms with van der Waals surface area (Å²) in [6.07, 6.45) is 6.21. The predicted octanol–water partition coefficient (Wildman–Crippen LogP) is 2.77. The number of hydrogen-bond acceptors (Lipinski definition) is 4. The van der Waals surface area contributed by atoms with E-state index in [0.717, 1.165) is 38.5 Å². The van der Waals surface area contributed by atoms with Gasteiger partial charge in [-0.05, 0) is 58.8 Å². The summed E-state index contributed by atoms with van der Waals surface area (Å²) in [5.41, 5.74) is -0.832. The van der Waals surface area contributed by atoms with E-state index in [4.69, 9.17) is 14.6 Å². The number of carbonyl (C=O) groups is 2. The van der Waals surface area contributed by atoms with Crippen molar-refractivity contribution in [1.29, 1.82) is 0 Å². The van der Waals surface area contributed by atoms with E-state index in [-0.39, 0.29) is 5.60 Å². The Morgan fingerprint density at radius 1 is 1.25 bits per heavy atom. The van der Waals surface area contributed by atoms with Crippen molar-refractivity contribution in [3.8, 4) is 0 Å². The minimum absolute atomic E-state index is 0.159. The third-order valence-corrected chi connectivity index (χ3v) is 3.95. The van der Waals surface area contributed by atoms with E-state index in [1.807, 2.05) is 0 Å². The highest BCUT2D eigenvalue weighted by Crippen LogP contribution is 2.43. The SMILES string of the molecule is CC(C)(CCCOCCCCC1(OC=O)CC1)C(=O)O. The van der Waals surface area contributed by atoms with Crippen LogP contribution in [0.2, 0.25) is 0 Å². The van der Waals surface area contributed by atoms with Crippen molar-refractivity contribution in [3.05, 3.63) is 0 Å². The molecular weight excluding hydrogens is 260 g/mol. The number of carboxylic acid groups (broad SMARTS) is 1. The van der Waals surface area contributed by atoms with Gasteiger partial charge in [0.05, 0.1) is 5.41 Å². The fourth-order valence-corrected chi connectivity index (χ4v) is 2.14. The highest BCUT2D eigenvalue weighted by atomic mass is 16.5. The molecule has 20 heavy (non-hydrogen) atoms. The highest BCUT2D eigenvalue weighted by molar-refractivity contribution is 5.73. The molecule has 0 saturated heterocycles. The molecule has 0 aromatic carbocycles. The largest absolute Gasteiger partial charge is 0.481 e. The lowest BCUT2D eigenvalue weighted by Gasteiger charge is -2.18. The molecule has 1 N–H and O–H groups in total. The molecule has 0 radical (unpaired) electrons. The zero-order valence-electron chi connectivity index (χ0n) is 12.5. The van der Waals surface area contributed by atoms with Gasteiger partial charge >= 0.3 is 5.97 Å². The van der Waals surface area contributed by atoms with Crippen LogP contribution in [0.4, 0.5) is 0 Å². The number of unbranched alkanes of at least 4 members (excludes halogenated alkanes) is 1.